The van der Waals surface area contributed by atoms with Crippen molar-refractivity contribution >= 4 is 17.7 Å². The van der Waals surface area contributed by atoms with Crippen LogP contribution in [0.5, 0.6) is 0 Å². The van der Waals surface area contributed by atoms with Crippen LogP contribution in [0.4, 0.5) is 0 Å². The zero-order valence-electron chi connectivity index (χ0n) is 11.6. The fourth-order valence-corrected chi connectivity index (χ4v) is 1.91. The fraction of sp³-hybridized carbons (Fsp3) is 0.769. The molecule has 1 saturated heterocycles. The summed E-state index contributed by atoms with van der Waals surface area (Å²) in [5.41, 5.74) is 0. The smallest absolute Gasteiger partial charge is 0.315 e. The highest BCUT2D eigenvalue weighted by molar-refractivity contribution is 6.37. The zero-order chi connectivity index (χ0) is 14.3. The molecule has 0 aliphatic carbocycles. The van der Waals surface area contributed by atoms with Crippen molar-refractivity contribution in [2.75, 3.05) is 19.6 Å². The summed E-state index contributed by atoms with van der Waals surface area (Å²) in [6, 6.07) is 0. The number of piperidine rings is 1. The molecule has 0 spiro atoms. The number of rotatable bonds is 4. The average molecular weight is 269 g/mol. The maximum absolute atomic E-state index is 11.8. The van der Waals surface area contributed by atoms with Crippen LogP contribution in [-0.4, -0.2) is 37.4 Å². The third-order valence-corrected chi connectivity index (χ3v) is 3.16. The fourth-order valence-electron chi connectivity index (χ4n) is 1.91. The van der Waals surface area contributed by atoms with E-state index in [1.54, 1.807) is 0 Å². The highest BCUT2D eigenvalue weighted by Gasteiger charge is 2.24. The minimum atomic E-state index is -0.854. The van der Waals surface area contributed by atoms with Crippen LogP contribution in [0.3, 0.4) is 0 Å². The molecule has 1 fully saturated rings. The van der Waals surface area contributed by atoms with Crippen LogP contribution in [0.25, 0.3) is 0 Å². The third-order valence-electron chi connectivity index (χ3n) is 3.16. The van der Waals surface area contributed by atoms with Crippen molar-refractivity contribution < 1.29 is 14.4 Å². The van der Waals surface area contributed by atoms with Crippen LogP contribution in [0.1, 0.15) is 33.1 Å². The van der Waals surface area contributed by atoms with Crippen LogP contribution >= 0.6 is 0 Å². The van der Waals surface area contributed by atoms with Gasteiger partial charge in [-0.1, -0.05) is 13.8 Å². The molecular weight excluding hydrogens is 246 g/mol. The molecule has 1 rings (SSSR count). The summed E-state index contributed by atoms with van der Waals surface area (Å²) in [7, 11) is 0. The molecule has 6 nitrogen and oxygen atoms in total. The summed E-state index contributed by atoms with van der Waals surface area (Å²) in [4.78, 5) is 34.7. The maximum atomic E-state index is 11.8. The molecule has 0 unspecified atom stereocenters. The predicted octanol–water partition coefficient (Wildman–Crippen LogP) is -0.209. The summed E-state index contributed by atoms with van der Waals surface area (Å²) in [6.45, 7) is 6.06. The van der Waals surface area contributed by atoms with Gasteiger partial charge in [0, 0.05) is 12.5 Å². The van der Waals surface area contributed by atoms with Gasteiger partial charge in [-0.25, -0.2) is 0 Å². The Labute approximate surface area is 113 Å². The predicted molar refractivity (Wildman–Crippen MR) is 71.2 cm³/mol. The topological polar surface area (TPSA) is 87.3 Å². The van der Waals surface area contributed by atoms with Crippen LogP contribution in [0, 0.1) is 11.8 Å². The number of amides is 3. The Bertz CT molecular complexity index is 336. The highest BCUT2D eigenvalue weighted by Crippen LogP contribution is 2.11. The number of carbonyl (C=O) groups excluding carboxylic acids is 3. The van der Waals surface area contributed by atoms with Gasteiger partial charge in [0.05, 0.1) is 0 Å². The molecule has 3 amide bonds. The molecule has 1 aliphatic heterocycles. The standard InChI is InChI=1S/C13H23N3O3/c1-9(2)3-8-15-12(18)13(19)16-11(17)10-4-6-14-7-5-10/h9-10,14H,3-8H2,1-2H3,(H,15,18)(H,16,17,19). The Kier molecular flexibility index (Phi) is 6.49. The molecule has 108 valence electrons. The monoisotopic (exact) mass is 269 g/mol. The van der Waals surface area contributed by atoms with E-state index in [4.69, 9.17) is 0 Å². The first-order chi connectivity index (χ1) is 9.00. The Morgan fingerprint density at radius 2 is 1.79 bits per heavy atom. The number of imide groups is 1. The Balaban J connectivity index is 2.28. The average Bonchev–Trinajstić information content (AvgIpc) is 2.39. The lowest BCUT2D eigenvalue weighted by atomic mass is 9.97. The van der Waals surface area contributed by atoms with Gasteiger partial charge >= 0.3 is 11.8 Å². The van der Waals surface area contributed by atoms with Gasteiger partial charge in [-0.2, -0.15) is 0 Å². The largest absolute Gasteiger partial charge is 0.348 e. The van der Waals surface area contributed by atoms with Crippen molar-refractivity contribution in [3.05, 3.63) is 0 Å². The maximum Gasteiger partial charge on any atom is 0.315 e. The van der Waals surface area contributed by atoms with E-state index in [1.807, 2.05) is 13.8 Å². The summed E-state index contributed by atoms with van der Waals surface area (Å²) in [5.74, 6) is -1.64. The van der Waals surface area contributed by atoms with Crippen molar-refractivity contribution in [1.82, 2.24) is 16.0 Å². The van der Waals surface area contributed by atoms with E-state index in [0.717, 1.165) is 19.5 Å². The molecule has 19 heavy (non-hydrogen) atoms. The molecule has 3 N–H and O–H groups in total. The van der Waals surface area contributed by atoms with Gasteiger partial charge in [0.15, 0.2) is 0 Å². The van der Waals surface area contributed by atoms with Gasteiger partial charge in [-0.3, -0.25) is 19.7 Å². The molecule has 0 aromatic rings. The van der Waals surface area contributed by atoms with E-state index in [-0.39, 0.29) is 11.8 Å². The Hall–Kier alpha value is -1.43. The van der Waals surface area contributed by atoms with E-state index in [9.17, 15) is 14.4 Å². The quantitative estimate of drug-likeness (QED) is 0.616. The number of hydrogen-bond acceptors (Lipinski definition) is 4. The third kappa shape index (κ3) is 5.83. The Morgan fingerprint density at radius 3 is 2.37 bits per heavy atom. The molecule has 0 radical (unpaired) electrons. The van der Waals surface area contributed by atoms with Gasteiger partial charge in [-0.05, 0) is 38.3 Å². The van der Waals surface area contributed by atoms with Gasteiger partial charge < -0.3 is 10.6 Å². The minimum Gasteiger partial charge on any atom is -0.348 e. The number of hydrogen-bond donors (Lipinski definition) is 3. The van der Waals surface area contributed by atoms with Crippen molar-refractivity contribution in [3.8, 4) is 0 Å². The summed E-state index contributed by atoms with van der Waals surface area (Å²) in [5, 5.41) is 7.82. The molecular formula is C13H23N3O3. The first-order valence-corrected chi connectivity index (χ1v) is 6.84. The lowest BCUT2D eigenvalue weighted by molar-refractivity contribution is -0.143. The van der Waals surface area contributed by atoms with E-state index in [0.29, 0.717) is 25.3 Å². The number of nitrogens with one attached hydrogen (secondary N) is 3. The lowest BCUT2D eigenvalue weighted by Crippen LogP contribution is -2.46. The molecule has 1 aliphatic rings. The molecule has 0 saturated carbocycles. The SMILES string of the molecule is CC(C)CCNC(=O)C(=O)NC(=O)C1CCNCC1. The second-order valence-electron chi connectivity index (χ2n) is 5.28. The summed E-state index contributed by atoms with van der Waals surface area (Å²) in [6.07, 6.45) is 2.21. The van der Waals surface area contributed by atoms with Crippen LogP contribution in [0.2, 0.25) is 0 Å². The lowest BCUT2D eigenvalue weighted by Gasteiger charge is -2.21. The summed E-state index contributed by atoms with van der Waals surface area (Å²) >= 11 is 0. The van der Waals surface area contributed by atoms with Crippen molar-refractivity contribution in [3.63, 3.8) is 0 Å². The van der Waals surface area contributed by atoms with Gasteiger partial charge in [0.2, 0.25) is 5.91 Å². The Morgan fingerprint density at radius 1 is 1.16 bits per heavy atom. The molecule has 0 atom stereocenters. The van der Waals surface area contributed by atoms with Gasteiger partial charge in [0.1, 0.15) is 0 Å². The van der Waals surface area contributed by atoms with Crippen molar-refractivity contribution in [2.45, 2.75) is 33.1 Å². The molecule has 0 bridgehead atoms. The zero-order valence-corrected chi connectivity index (χ0v) is 11.6. The minimum absolute atomic E-state index is 0.173. The van der Waals surface area contributed by atoms with Gasteiger partial charge in [0.25, 0.3) is 0 Å². The van der Waals surface area contributed by atoms with E-state index >= 15 is 0 Å². The van der Waals surface area contributed by atoms with E-state index < -0.39 is 11.8 Å². The highest BCUT2D eigenvalue weighted by atomic mass is 16.2. The molecule has 0 aromatic heterocycles. The second-order valence-corrected chi connectivity index (χ2v) is 5.28. The molecule has 0 aromatic carbocycles. The van der Waals surface area contributed by atoms with E-state index in [1.165, 1.54) is 0 Å². The van der Waals surface area contributed by atoms with Crippen molar-refractivity contribution in [2.24, 2.45) is 11.8 Å². The van der Waals surface area contributed by atoms with Gasteiger partial charge in [-0.15, -0.1) is 0 Å². The summed E-state index contributed by atoms with van der Waals surface area (Å²) < 4.78 is 0. The van der Waals surface area contributed by atoms with Crippen LogP contribution in [-0.2, 0) is 14.4 Å². The number of carbonyl (C=O) groups is 3. The van der Waals surface area contributed by atoms with Crippen LogP contribution in [0.15, 0.2) is 0 Å². The second kappa shape index (κ2) is 7.89. The first-order valence-electron chi connectivity index (χ1n) is 6.84. The van der Waals surface area contributed by atoms with Crippen molar-refractivity contribution in [1.29, 1.82) is 0 Å². The normalized spacial score (nSPS) is 16.2. The molecule has 1 heterocycles. The van der Waals surface area contributed by atoms with Crippen LogP contribution < -0.4 is 16.0 Å². The van der Waals surface area contributed by atoms with E-state index in [2.05, 4.69) is 16.0 Å². The molecule has 6 heteroatoms. The first kappa shape index (κ1) is 15.6.